The van der Waals surface area contributed by atoms with E-state index in [1.54, 1.807) is 6.26 Å². The highest BCUT2D eigenvalue weighted by Gasteiger charge is 2.18. The highest BCUT2D eigenvalue weighted by Crippen LogP contribution is 2.27. The van der Waals surface area contributed by atoms with Crippen LogP contribution in [0.1, 0.15) is 37.7 Å². The van der Waals surface area contributed by atoms with E-state index < -0.39 is 0 Å². The summed E-state index contributed by atoms with van der Waals surface area (Å²) in [6.07, 6.45) is 3.42. The molecular formula is C21H26N4O2S. The molecule has 0 bridgehead atoms. The topological polar surface area (TPSA) is 73.0 Å². The van der Waals surface area contributed by atoms with E-state index in [1.807, 2.05) is 30.5 Å². The lowest BCUT2D eigenvalue weighted by molar-refractivity contribution is -0.113. The number of nitrogens with one attached hydrogen (secondary N) is 1. The number of aryl methyl sites for hydroxylation is 3. The first-order valence-electron chi connectivity index (χ1n) is 9.60. The summed E-state index contributed by atoms with van der Waals surface area (Å²) in [5.74, 6) is 1.82. The molecule has 3 rings (SSSR count). The first-order chi connectivity index (χ1) is 13.6. The zero-order valence-electron chi connectivity index (χ0n) is 16.8. The van der Waals surface area contributed by atoms with E-state index in [9.17, 15) is 4.79 Å². The molecule has 0 radical (unpaired) electrons. The summed E-state index contributed by atoms with van der Waals surface area (Å²) < 4.78 is 7.39. The van der Waals surface area contributed by atoms with Crippen molar-refractivity contribution in [3.8, 4) is 11.4 Å². The molecule has 2 aromatic heterocycles. The van der Waals surface area contributed by atoms with Gasteiger partial charge in [0.1, 0.15) is 5.76 Å². The predicted octanol–water partition coefficient (Wildman–Crippen LogP) is 4.72. The zero-order valence-corrected chi connectivity index (χ0v) is 17.6. The molecule has 0 saturated heterocycles. The molecule has 6 nitrogen and oxygen atoms in total. The first kappa shape index (κ1) is 20.2. The van der Waals surface area contributed by atoms with Gasteiger partial charge in [0, 0.05) is 12.2 Å². The van der Waals surface area contributed by atoms with E-state index in [2.05, 4.69) is 41.5 Å². The molecule has 0 aliphatic rings. The number of rotatable bonds is 8. The molecule has 0 aliphatic heterocycles. The van der Waals surface area contributed by atoms with Gasteiger partial charge >= 0.3 is 0 Å². The molecular weight excluding hydrogens is 372 g/mol. The Hall–Kier alpha value is -2.54. The minimum atomic E-state index is -0.0349. The molecule has 0 unspecified atom stereocenters. The van der Waals surface area contributed by atoms with Crippen molar-refractivity contribution in [2.24, 2.45) is 0 Å². The number of hydrogen-bond acceptors (Lipinski definition) is 5. The Morgan fingerprint density at radius 2 is 1.86 bits per heavy atom. The van der Waals surface area contributed by atoms with E-state index in [1.165, 1.54) is 11.8 Å². The van der Waals surface area contributed by atoms with Gasteiger partial charge in [0.2, 0.25) is 5.91 Å². The van der Waals surface area contributed by atoms with Crippen molar-refractivity contribution in [3.05, 3.63) is 47.4 Å². The molecule has 1 N–H and O–H groups in total. The molecule has 3 aromatic rings. The lowest BCUT2D eigenvalue weighted by atomic mass is 10.0. The van der Waals surface area contributed by atoms with E-state index >= 15 is 0 Å². The van der Waals surface area contributed by atoms with Crippen LogP contribution in [0, 0.1) is 6.92 Å². The summed E-state index contributed by atoms with van der Waals surface area (Å²) in [5, 5.41) is 12.4. The van der Waals surface area contributed by atoms with Crippen molar-refractivity contribution in [1.82, 2.24) is 14.8 Å². The minimum Gasteiger partial charge on any atom is -0.469 e. The molecule has 1 aromatic carbocycles. The average molecular weight is 399 g/mol. The number of carbonyl (C=O) groups excluding carboxylic acids is 1. The number of carbonyl (C=O) groups is 1. The van der Waals surface area contributed by atoms with E-state index in [-0.39, 0.29) is 11.7 Å². The second-order valence-corrected chi connectivity index (χ2v) is 7.38. The average Bonchev–Trinajstić information content (AvgIpc) is 3.31. The van der Waals surface area contributed by atoms with Crippen LogP contribution in [0.4, 0.5) is 5.69 Å². The Labute approximate surface area is 169 Å². The molecule has 0 saturated carbocycles. The second-order valence-electron chi connectivity index (χ2n) is 6.44. The summed E-state index contributed by atoms with van der Waals surface area (Å²) in [7, 11) is 0. The van der Waals surface area contributed by atoms with Gasteiger partial charge in [-0.05, 0) is 43.9 Å². The van der Waals surface area contributed by atoms with Crippen molar-refractivity contribution in [2.45, 2.75) is 52.2 Å². The van der Waals surface area contributed by atoms with E-state index in [4.69, 9.17) is 4.42 Å². The third-order valence-electron chi connectivity index (χ3n) is 4.73. The van der Waals surface area contributed by atoms with Gasteiger partial charge in [-0.25, -0.2) is 0 Å². The molecule has 28 heavy (non-hydrogen) atoms. The van der Waals surface area contributed by atoms with Crippen LogP contribution in [0.25, 0.3) is 11.4 Å². The number of hydrogen-bond donors (Lipinski definition) is 1. The number of para-hydroxylation sites is 1. The fourth-order valence-corrected chi connectivity index (χ4v) is 4.01. The Balaban J connectivity index is 1.73. The maximum atomic E-state index is 12.6. The van der Waals surface area contributed by atoms with E-state index in [0.717, 1.165) is 58.5 Å². The van der Waals surface area contributed by atoms with Gasteiger partial charge < -0.3 is 14.3 Å². The first-order valence-corrected chi connectivity index (χ1v) is 10.6. The SMILES string of the molecule is CCc1cccc(CC)c1NC(=O)CSc1nnc(-c2ccoc2C)n1CC. The fourth-order valence-electron chi connectivity index (χ4n) is 3.21. The number of nitrogens with zero attached hydrogens (tertiary/aromatic N) is 3. The smallest absolute Gasteiger partial charge is 0.234 e. The van der Waals surface area contributed by atoms with Crippen LogP contribution in [-0.2, 0) is 24.2 Å². The standard InChI is InChI=1S/C21H26N4O2S/c1-5-15-9-8-10-16(6-2)19(15)22-18(26)13-28-21-24-23-20(25(21)7-3)17-11-12-27-14(17)4/h8-12H,5-7,13H2,1-4H3,(H,22,26). The quantitative estimate of drug-likeness (QED) is 0.556. The molecule has 7 heteroatoms. The maximum absolute atomic E-state index is 12.6. The number of benzene rings is 1. The van der Waals surface area contributed by atoms with E-state index in [0.29, 0.717) is 0 Å². The largest absolute Gasteiger partial charge is 0.469 e. The van der Waals surface area contributed by atoms with Crippen molar-refractivity contribution in [1.29, 1.82) is 0 Å². The predicted molar refractivity (Wildman–Crippen MR) is 113 cm³/mol. The van der Waals surface area contributed by atoms with Gasteiger partial charge in [0.15, 0.2) is 11.0 Å². The van der Waals surface area contributed by atoms with Crippen molar-refractivity contribution in [3.63, 3.8) is 0 Å². The Kier molecular flexibility index (Phi) is 6.57. The monoisotopic (exact) mass is 398 g/mol. The summed E-state index contributed by atoms with van der Waals surface area (Å²) in [4.78, 5) is 12.6. The molecule has 0 atom stereocenters. The summed E-state index contributed by atoms with van der Waals surface area (Å²) in [5.41, 5.74) is 4.19. The minimum absolute atomic E-state index is 0.0349. The third kappa shape index (κ3) is 4.14. The number of furan rings is 1. The molecule has 148 valence electrons. The number of aromatic nitrogens is 3. The van der Waals surface area contributed by atoms with Crippen molar-refractivity contribution < 1.29 is 9.21 Å². The van der Waals surface area contributed by atoms with Crippen molar-refractivity contribution >= 4 is 23.4 Å². The number of anilines is 1. The summed E-state index contributed by atoms with van der Waals surface area (Å²) in [6.45, 7) is 8.86. The van der Waals surface area contributed by atoms with Crippen LogP contribution >= 0.6 is 11.8 Å². The lowest BCUT2D eigenvalue weighted by Crippen LogP contribution is -2.17. The van der Waals surface area contributed by atoms with Crippen molar-refractivity contribution in [2.75, 3.05) is 11.1 Å². The molecule has 0 spiro atoms. The van der Waals surface area contributed by atoms with Gasteiger partial charge in [0.05, 0.1) is 17.6 Å². The third-order valence-corrected chi connectivity index (χ3v) is 5.70. The lowest BCUT2D eigenvalue weighted by Gasteiger charge is -2.14. The Morgan fingerprint density at radius 3 is 2.43 bits per heavy atom. The van der Waals surface area contributed by atoms with Crippen LogP contribution in [0.3, 0.4) is 0 Å². The van der Waals surface area contributed by atoms with Gasteiger partial charge in [-0.15, -0.1) is 10.2 Å². The summed E-state index contributed by atoms with van der Waals surface area (Å²) >= 11 is 1.40. The van der Waals surface area contributed by atoms with Crippen LogP contribution in [-0.4, -0.2) is 26.4 Å². The zero-order chi connectivity index (χ0) is 20.1. The molecule has 1 amide bonds. The number of thioether (sulfide) groups is 1. The highest BCUT2D eigenvalue weighted by molar-refractivity contribution is 7.99. The molecule has 2 heterocycles. The van der Waals surface area contributed by atoms with Crippen LogP contribution in [0.5, 0.6) is 0 Å². The normalized spacial score (nSPS) is 11.0. The maximum Gasteiger partial charge on any atom is 0.234 e. The van der Waals surface area contributed by atoms with Crippen LogP contribution < -0.4 is 5.32 Å². The van der Waals surface area contributed by atoms with Gasteiger partial charge in [-0.1, -0.05) is 43.8 Å². The molecule has 0 aliphatic carbocycles. The van der Waals surface area contributed by atoms with Gasteiger partial charge in [-0.2, -0.15) is 0 Å². The fraction of sp³-hybridized carbons (Fsp3) is 0.381. The van der Waals surface area contributed by atoms with Gasteiger partial charge in [-0.3, -0.25) is 4.79 Å². The van der Waals surface area contributed by atoms with Crippen LogP contribution in [0.2, 0.25) is 0 Å². The Bertz CT molecular complexity index is 939. The Morgan fingerprint density at radius 1 is 1.14 bits per heavy atom. The summed E-state index contributed by atoms with van der Waals surface area (Å²) in [6, 6.07) is 8.07. The molecule has 0 fully saturated rings. The van der Waals surface area contributed by atoms with Crippen LogP contribution in [0.15, 0.2) is 40.1 Å². The highest BCUT2D eigenvalue weighted by atomic mass is 32.2. The van der Waals surface area contributed by atoms with Gasteiger partial charge in [0.25, 0.3) is 0 Å². The second kappa shape index (κ2) is 9.10. The number of amides is 1.